The summed E-state index contributed by atoms with van der Waals surface area (Å²) in [6.07, 6.45) is 1.44. The molecule has 1 unspecified atom stereocenters. The van der Waals surface area contributed by atoms with Crippen LogP contribution in [0, 0.1) is 17.2 Å². The van der Waals surface area contributed by atoms with E-state index in [-0.39, 0.29) is 23.1 Å². The van der Waals surface area contributed by atoms with Crippen LogP contribution in [0.5, 0.6) is 11.5 Å². The maximum absolute atomic E-state index is 12.6. The first-order valence-electron chi connectivity index (χ1n) is 10.1. The van der Waals surface area contributed by atoms with E-state index < -0.39 is 17.9 Å². The van der Waals surface area contributed by atoms with E-state index in [0.29, 0.717) is 28.7 Å². The molecule has 0 aliphatic heterocycles. The SMILES string of the molecule is CCOc1cc(/C=N\NC(=O)C(NC(=O)c2ccc(Cl)c(Cl)c2)C(C)C)ccc1OCC#N. The molecule has 0 bridgehead atoms. The summed E-state index contributed by atoms with van der Waals surface area (Å²) in [6, 6.07) is 10.6. The fourth-order valence-corrected chi connectivity index (χ4v) is 3.04. The van der Waals surface area contributed by atoms with Crippen molar-refractivity contribution in [1.82, 2.24) is 10.7 Å². The standard InChI is InChI=1S/C23H24Cl2N4O4/c1-4-32-20-11-15(5-8-19(20)33-10-9-26)13-27-29-23(31)21(14(2)3)28-22(30)16-6-7-17(24)18(25)12-16/h5-8,11-14,21H,4,10H2,1-3H3,(H,28,30)(H,29,31)/b27-13-. The Balaban J connectivity index is 2.06. The summed E-state index contributed by atoms with van der Waals surface area (Å²) in [5.41, 5.74) is 3.37. The Morgan fingerprint density at radius 1 is 1.12 bits per heavy atom. The number of hydrogen-bond acceptors (Lipinski definition) is 6. The predicted octanol–water partition coefficient (Wildman–Crippen LogP) is 4.20. The molecule has 0 fully saturated rings. The number of nitrogens with zero attached hydrogens (tertiary/aromatic N) is 2. The van der Waals surface area contributed by atoms with E-state index in [1.165, 1.54) is 24.4 Å². The van der Waals surface area contributed by atoms with Gasteiger partial charge < -0.3 is 14.8 Å². The lowest BCUT2D eigenvalue weighted by molar-refractivity contribution is -0.123. The minimum Gasteiger partial charge on any atom is -0.490 e. The van der Waals surface area contributed by atoms with Gasteiger partial charge in [-0.05, 0) is 54.8 Å². The van der Waals surface area contributed by atoms with Crippen LogP contribution < -0.4 is 20.2 Å². The molecule has 0 heterocycles. The average molecular weight is 491 g/mol. The van der Waals surface area contributed by atoms with E-state index >= 15 is 0 Å². The summed E-state index contributed by atoms with van der Waals surface area (Å²) >= 11 is 11.9. The molecular weight excluding hydrogens is 467 g/mol. The van der Waals surface area contributed by atoms with E-state index in [1.54, 1.807) is 32.0 Å². The second-order valence-corrected chi connectivity index (χ2v) is 7.96. The van der Waals surface area contributed by atoms with Crippen molar-refractivity contribution in [2.45, 2.75) is 26.8 Å². The van der Waals surface area contributed by atoms with Crippen molar-refractivity contribution in [2.24, 2.45) is 11.0 Å². The maximum atomic E-state index is 12.6. The van der Waals surface area contributed by atoms with Gasteiger partial charge in [-0.1, -0.05) is 37.0 Å². The zero-order valence-corrected chi connectivity index (χ0v) is 19.9. The Hall–Kier alpha value is -3.28. The lowest BCUT2D eigenvalue weighted by atomic mass is 10.0. The highest BCUT2D eigenvalue weighted by Gasteiger charge is 2.24. The summed E-state index contributed by atoms with van der Waals surface area (Å²) < 4.78 is 10.9. The number of nitriles is 1. The van der Waals surface area contributed by atoms with Crippen LogP contribution >= 0.6 is 23.2 Å². The van der Waals surface area contributed by atoms with Gasteiger partial charge in [-0.3, -0.25) is 9.59 Å². The first-order chi connectivity index (χ1) is 15.8. The molecule has 0 radical (unpaired) electrons. The number of halogens is 2. The fraction of sp³-hybridized carbons (Fsp3) is 0.304. The molecular formula is C23H24Cl2N4O4. The van der Waals surface area contributed by atoms with Gasteiger partial charge in [0.25, 0.3) is 11.8 Å². The number of hydrogen-bond donors (Lipinski definition) is 2. The van der Waals surface area contributed by atoms with Crippen LogP contribution in [0.15, 0.2) is 41.5 Å². The van der Waals surface area contributed by atoms with Crippen molar-refractivity contribution in [3.63, 3.8) is 0 Å². The molecule has 0 aromatic heterocycles. The smallest absolute Gasteiger partial charge is 0.262 e. The molecule has 2 aromatic rings. The first-order valence-corrected chi connectivity index (χ1v) is 10.9. The van der Waals surface area contributed by atoms with Gasteiger partial charge in [-0.15, -0.1) is 0 Å². The number of carbonyl (C=O) groups excluding carboxylic acids is 2. The number of amides is 2. The van der Waals surface area contributed by atoms with Crippen molar-refractivity contribution in [3.05, 3.63) is 57.6 Å². The molecule has 8 nitrogen and oxygen atoms in total. The molecule has 33 heavy (non-hydrogen) atoms. The highest BCUT2D eigenvalue weighted by Crippen LogP contribution is 2.28. The van der Waals surface area contributed by atoms with Crippen LogP contribution in [0.25, 0.3) is 0 Å². The van der Waals surface area contributed by atoms with Crippen molar-refractivity contribution < 1.29 is 19.1 Å². The third kappa shape index (κ3) is 7.67. The van der Waals surface area contributed by atoms with Crippen LogP contribution in [0.2, 0.25) is 10.0 Å². The van der Waals surface area contributed by atoms with Crippen LogP contribution in [0.4, 0.5) is 0 Å². The largest absolute Gasteiger partial charge is 0.490 e. The molecule has 2 amide bonds. The summed E-state index contributed by atoms with van der Waals surface area (Å²) in [6.45, 7) is 5.74. The molecule has 2 rings (SSSR count). The first kappa shape index (κ1) is 26.0. The monoisotopic (exact) mass is 490 g/mol. The van der Waals surface area contributed by atoms with E-state index in [0.717, 1.165) is 0 Å². The quantitative estimate of drug-likeness (QED) is 0.382. The predicted molar refractivity (Wildman–Crippen MR) is 127 cm³/mol. The Morgan fingerprint density at radius 3 is 2.52 bits per heavy atom. The summed E-state index contributed by atoms with van der Waals surface area (Å²) in [5, 5.41) is 15.9. The molecule has 10 heteroatoms. The van der Waals surface area contributed by atoms with E-state index in [2.05, 4.69) is 15.8 Å². The second-order valence-electron chi connectivity index (χ2n) is 7.14. The number of rotatable bonds is 10. The van der Waals surface area contributed by atoms with Crippen LogP contribution in [0.1, 0.15) is 36.7 Å². The number of hydrazone groups is 1. The third-order valence-corrected chi connectivity index (χ3v) is 5.10. The molecule has 2 N–H and O–H groups in total. The highest BCUT2D eigenvalue weighted by molar-refractivity contribution is 6.42. The molecule has 0 spiro atoms. The zero-order valence-electron chi connectivity index (χ0n) is 18.4. The van der Waals surface area contributed by atoms with Gasteiger partial charge in [0.2, 0.25) is 0 Å². The summed E-state index contributed by atoms with van der Waals surface area (Å²) in [5.74, 6) is -0.246. The third-order valence-electron chi connectivity index (χ3n) is 4.37. The lowest BCUT2D eigenvalue weighted by Crippen LogP contribution is -2.48. The summed E-state index contributed by atoms with van der Waals surface area (Å²) in [7, 11) is 0. The minimum absolute atomic E-state index is 0.103. The number of ether oxygens (including phenoxy) is 2. The zero-order chi connectivity index (χ0) is 24.4. The Morgan fingerprint density at radius 2 is 1.88 bits per heavy atom. The lowest BCUT2D eigenvalue weighted by Gasteiger charge is -2.20. The van der Waals surface area contributed by atoms with Crippen molar-refractivity contribution in [2.75, 3.05) is 13.2 Å². The van der Waals surface area contributed by atoms with Gasteiger partial charge in [-0.2, -0.15) is 10.4 Å². The van der Waals surface area contributed by atoms with Crippen molar-refractivity contribution >= 4 is 41.2 Å². The molecule has 174 valence electrons. The van der Waals surface area contributed by atoms with Gasteiger partial charge in [0.15, 0.2) is 18.1 Å². The molecule has 0 saturated heterocycles. The molecule has 0 aliphatic carbocycles. The second kappa shape index (κ2) is 12.7. The van der Waals surface area contributed by atoms with Gasteiger partial charge in [-0.25, -0.2) is 5.43 Å². The Bertz CT molecular complexity index is 1070. The van der Waals surface area contributed by atoms with Crippen LogP contribution in [0.3, 0.4) is 0 Å². The average Bonchev–Trinajstić information content (AvgIpc) is 2.78. The highest BCUT2D eigenvalue weighted by atomic mass is 35.5. The Labute approximate surface area is 202 Å². The van der Waals surface area contributed by atoms with Crippen LogP contribution in [-0.2, 0) is 4.79 Å². The van der Waals surface area contributed by atoms with Gasteiger partial charge >= 0.3 is 0 Å². The Kier molecular flexibility index (Phi) is 9.98. The van der Waals surface area contributed by atoms with E-state index in [9.17, 15) is 9.59 Å². The fourth-order valence-electron chi connectivity index (χ4n) is 2.74. The van der Waals surface area contributed by atoms with Crippen molar-refractivity contribution in [1.29, 1.82) is 5.26 Å². The number of benzene rings is 2. The number of nitrogens with one attached hydrogen (secondary N) is 2. The van der Waals surface area contributed by atoms with Gasteiger partial charge in [0, 0.05) is 5.56 Å². The topological polar surface area (TPSA) is 113 Å². The van der Waals surface area contributed by atoms with E-state index in [4.69, 9.17) is 37.9 Å². The summed E-state index contributed by atoms with van der Waals surface area (Å²) in [4.78, 5) is 25.2. The van der Waals surface area contributed by atoms with Crippen molar-refractivity contribution in [3.8, 4) is 17.6 Å². The molecule has 1 atom stereocenters. The molecule has 0 saturated carbocycles. The minimum atomic E-state index is -0.829. The van der Waals surface area contributed by atoms with Gasteiger partial charge in [0.1, 0.15) is 12.1 Å². The normalized spacial score (nSPS) is 11.7. The van der Waals surface area contributed by atoms with E-state index in [1.807, 2.05) is 13.0 Å². The maximum Gasteiger partial charge on any atom is 0.262 e. The molecule has 0 aliphatic rings. The van der Waals surface area contributed by atoms with Gasteiger partial charge in [0.05, 0.1) is 22.9 Å². The van der Waals surface area contributed by atoms with Crippen LogP contribution in [-0.4, -0.2) is 37.3 Å². The molecule has 2 aromatic carbocycles. The number of carbonyl (C=O) groups is 2.